The molecular formula is C11H21N3O2. The van der Waals surface area contributed by atoms with E-state index in [1.807, 2.05) is 20.0 Å². The zero-order valence-electron chi connectivity index (χ0n) is 10.1. The van der Waals surface area contributed by atoms with Crippen LogP contribution in [0.5, 0.6) is 0 Å². The van der Waals surface area contributed by atoms with E-state index in [-0.39, 0.29) is 11.8 Å². The zero-order valence-corrected chi connectivity index (χ0v) is 10.1. The molecule has 5 nitrogen and oxygen atoms in total. The summed E-state index contributed by atoms with van der Waals surface area (Å²) in [6.07, 6.45) is 4.47. The highest BCUT2D eigenvalue weighted by molar-refractivity contribution is 4.82. The lowest BCUT2D eigenvalue weighted by Crippen LogP contribution is -2.33. The molecule has 0 aliphatic heterocycles. The summed E-state index contributed by atoms with van der Waals surface area (Å²) in [5.41, 5.74) is 5.59. The second-order valence-corrected chi connectivity index (χ2v) is 3.74. The first-order valence-electron chi connectivity index (χ1n) is 5.80. The van der Waals surface area contributed by atoms with E-state index >= 15 is 0 Å². The number of aryl methyl sites for hydroxylation is 1. The quantitative estimate of drug-likeness (QED) is 0.734. The van der Waals surface area contributed by atoms with Crippen LogP contribution in [0.2, 0.25) is 0 Å². The number of ether oxygens (including phenoxy) is 1. The Morgan fingerprint density at radius 1 is 1.38 bits per heavy atom. The van der Waals surface area contributed by atoms with Crippen molar-refractivity contribution in [3.8, 4) is 0 Å². The minimum absolute atomic E-state index is 0.0139. The van der Waals surface area contributed by atoms with Crippen LogP contribution in [-0.2, 0) is 17.8 Å². The van der Waals surface area contributed by atoms with Crippen LogP contribution in [0.3, 0.4) is 0 Å². The molecule has 16 heavy (non-hydrogen) atoms. The van der Waals surface area contributed by atoms with Gasteiger partial charge in [-0.15, -0.1) is 0 Å². The monoisotopic (exact) mass is 227 g/mol. The van der Waals surface area contributed by atoms with Crippen molar-refractivity contribution in [1.29, 1.82) is 0 Å². The number of nitrogens with two attached hydrogens (primary N) is 1. The summed E-state index contributed by atoms with van der Waals surface area (Å²) >= 11 is 0. The molecule has 0 saturated carbocycles. The van der Waals surface area contributed by atoms with Crippen molar-refractivity contribution in [2.24, 2.45) is 5.73 Å². The summed E-state index contributed by atoms with van der Waals surface area (Å²) in [6, 6.07) is 0. The molecule has 0 saturated heterocycles. The van der Waals surface area contributed by atoms with E-state index in [9.17, 15) is 4.79 Å². The van der Waals surface area contributed by atoms with Gasteiger partial charge in [0.1, 0.15) is 0 Å². The molecule has 1 aromatic heterocycles. The minimum Gasteiger partial charge on any atom is -0.375 e. The van der Waals surface area contributed by atoms with Gasteiger partial charge in [-0.2, -0.15) is 0 Å². The lowest BCUT2D eigenvalue weighted by molar-refractivity contribution is 0.0560. The topological polar surface area (TPSA) is 62.2 Å². The maximum atomic E-state index is 11.8. The van der Waals surface area contributed by atoms with E-state index in [0.717, 1.165) is 13.0 Å². The predicted octanol–water partition coefficient (Wildman–Crippen LogP) is 0.424. The number of aromatic nitrogens is 2. The van der Waals surface area contributed by atoms with Crippen LogP contribution in [0.15, 0.2) is 17.2 Å². The Bertz CT molecular complexity index is 356. The second-order valence-electron chi connectivity index (χ2n) is 3.74. The third kappa shape index (κ3) is 3.21. The molecule has 0 amide bonds. The normalized spacial score (nSPS) is 12.9. The summed E-state index contributed by atoms with van der Waals surface area (Å²) in [6.45, 7) is 6.31. The summed E-state index contributed by atoms with van der Waals surface area (Å²) in [4.78, 5) is 11.8. The van der Waals surface area contributed by atoms with Crippen LogP contribution in [0, 0.1) is 0 Å². The number of rotatable bonds is 7. The van der Waals surface area contributed by atoms with Gasteiger partial charge in [0, 0.05) is 32.1 Å². The molecule has 0 radical (unpaired) electrons. The first-order chi connectivity index (χ1) is 7.72. The first kappa shape index (κ1) is 13.0. The van der Waals surface area contributed by atoms with Crippen LogP contribution in [0.1, 0.15) is 20.3 Å². The molecule has 0 aromatic carbocycles. The highest BCUT2D eigenvalue weighted by atomic mass is 16.5. The second kappa shape index (κ2) is 6.50. The minimum atomic E-state index is -0.0832. The van der Waals surface area contributed by atoms with Crippen LogP contribution in [0.25, 0.3) is 0 Å². The molecule has 1 unspecified atom stereocenters. The Hall–Kier alpha value is -1.07. The fourth-order valence-corrected chi connectivity index (χ4v) is 1.65. The molecule has 1 atom stereocenters. The maximum Gasteiger partial charge on any atom is 0.328 e. The summed E-state index contributed by atoms with van der Waals surface area (Å²) < 4.78 is 8.79. The fourth-order valence-electron chi connectivity index (χ4n) is 1.65. The van der Waals surface area contributed by atoms with Gasteiger partial charge >= 0.3 is 5.69 Å². The highest BCUT2D eigenvalue weighted by Gasteiger charge is 2.09. The molecule has 0 aliphatic carbocycles. The van der Waals surface area contributed by atoms with Crippen molar-refractivity contribution >= 4 is 0 Å². The van der Waals surface area contributed by atoms with E-state index < -0.39 is 0 Å². The van der Waals surface area contributed by atoms with Crippen LogP contribution < -0.4 is 11.4 Å². The van der Waals surface area contributed by atoms with Gasteiger partial charge in [0.05, 0.1) is 12.6 Å². The lowest BCUT2D eigenvalue weighted by Gasteiger charge is -2.14. The molecule has 92 valence electrons. The summed E-state index contributed by atoms with van der Waals surface area (Å²) in [5.74, 6) is 0. The number of imidazole rings is 1. The van der Waals surface area contributed by atoms with Crippen molar-refractivity contribution in [3.63, 3.8) is 0 Å². The molecule has 1 rings (SSSR count). The Kier molecular flexibility index (Phi) is 5.28. The van der Waals surface area contributed by atoms with Gasteiger partial charge in [0.15, 0.2) is 0 Å². The van der Waals surface area contributed by atoms with Crippen molar-refractivity contribution in [1.82, 2.24) is 9.13 Å². The molecule has 0 spiro atoms. The van der Waals surface area contributed by atoms with Crippen molar-refractivity contribution in [2.45, 2.75) is 39.5 Å². The molecule has 1 aromatic rings. The Morgan fingerprint density at radius 3 is 2.62 bits per heavy atom. The Morgan fingerprint density at radius 2 is 2.06 bits per heavy atom. The van der Waals surface area contributed by atoms with Crippen molar-refractivity contribution in [3.05, 3.63) is 22.9 Å². The van der Waals surface area contributed by atoms with Gasteiger partial charge in [0.2, 0.25) is 0 Å². The van der Waals surface area contributed by atoms with Gasteiger partial charge in [-0.25, -0.2) is 4.79 Å². The van der Waals surface area contributed by atoms with Gasteiger partial charge in [0.25, 0.3) is 0 Å². The summed E-state index contributed by atoms with van der Waals surface area (Å²) in [7, 11) is 0. The van der Waals surface area contributed by atoms with E-state index in [0.29, 0.717) is 19.7 Å². The smallest absolute Gasteiger partial charge is 0.328 e. The fraction of sp³-hybridized carbons (Fsp3) is 0.727. The van der Waals surface area contributed by atoms with Crippen LogP contribution >= 0.6 is 0 Å². The number of hydrogen-bond acceptors (Lipinski definition) is 3. The molecule has 5 heteroatoms. The standard InChI is InChI=1S/C11H21N3O2/c1-3-5-13-6-7-14(11(13)15)9-10(8-12)16-4-2/h6-7,10H,3-5,8-9,12H2,1-2H3. The average molecular weight is 227 g/mol. The van der Waals surface area contributed by atoms with Gasteiger partial charge in [-0.3, -0.25) is 9.13 Å². The lowest BCUT2D eigenvalue weighted by atomic mass is 10.3. The largest absolute Gasteiger partial charge is 0.375 e. The van der Waals surface area contributed by atoms with Crippen molar-refractivity contribution in [2.75, 3.05) is 13.2 Å². The Labute approximate surface area is 95.8 Å². The van der Waals surface area contributed by atoms with Crippen LogP contribution in [0.4, 0.5) is 0 Å². The van der Waals surface area contributed by atoms with E-state index in [1.165, 1.54) is 0 Å². The molecule has 0 fully saturated rings. The third-order valence-electron chi connectivity index (χ3n) is 2.45. The van der Waals surface area contributed by atoms with E-state index in [4.69, 9.17) is 10.5 Å². The van der Waals surface area contributed by atoms with E-state index in [2.05, 4.69) is 0 Å². The van der Waals surface area contributed by atoms with Crippen LogP contribution in [-0.4, -0.2) is 28.4 Å². The SMILES string of the molecule is CCCn1ccn(CC(CN)OCC)c1=O. The number of nitrogens with zero attached hydrogens (tertiary/aromatic N) is 2. The predicted molar refractivity (Wildman–Crippen MR) is 63.5 cm³/mol. The number of hydrogen-bond donors (Lipinski definition) is 1. The Balaban J connectivity index is 2.69. The molecule has 0 bridgehead atoms. The average Bonchev–Trinajstić information content (AvgIpc) is 2.61. The third-order valence-corrected chi connectivity index (χ3v) is 2.45. The van der Waals surface area contributed by atoms with Gasteiger partial charge < -0.3 is 10.5 Å². The maximum absolute atomic E-state index is 11.8. The first-order valence-corrected chi connectivity index (χ1v) is 5.80. The molecular weight excluding hydrogens is 206 g/mol. The zero-order chi connectivity index (χ0) is 12.0. The highest BCUT2D eigenvalue weighted by Crippen LogP contribution is 1.95. The van der Waals surface area contributed by atoms with E-state index in [1.54, 1.807) is 15.3 Å². The molecule has 2 N–H and O–H groups in total. The van der Waals surface area contributed by atoms with Gasteiger partial charge in [-0.05, 0) is 13.3 Å². The van der Waals surface area contributed by atoms with Gasteiger partial charge in [-0.1, -0.05) is 6.92 Å². The van der Waals surface area contributed by atoms with Crippen molar-refractivity contribution < 1.29 is 4.74 Å². The molecule has 1 heterocycles. The summed E-state index contributed by atoms with van der Waals surface area (Å²) in [5, 5.41) is 0. The molecule has 0 aliphatic rings.